The summed E-state index contributed by atoms with van der Waals surface area (Å²) < 4.78 is 9.71. The zero-order valence-corrected chi connectivity index (χ0v) is 23.1. The number of carbonyl (C=O) groups excluding carboxylic acids is 5. The molecular weight excluding hydrogens is 520 g/mol. The summed E-state index contributed by atoms with van der Waals surface area (Å²) in [6, 6.07) is -3.94. The molecule has 222 valence electrons. The van der Waals surface area contributed by atoms with Crippen molar-refractivity contribution in [3.05, 3.63) is 0 Å². The molecule has 0 aromatic heterocycles. The Morgan fingerprint density at radius 1 is 0.769 bits per heavy atom. The number of rotatable bonds is 16. The van der Waals surface area contributed by atoms with Crippen LogP contribution in [-0.2, 0) is 38.2 Å². The Morgan fingerprint density at radius 3 is 1.64 bits per heavy atom. The summed E-state index contributed by atoms with van der Waals surface area (Å²) in [7, 11) is 1.14. The molecule has 0 bridgehead atoms. The average molecular weight is 561 g/mol. The first-order chi connectivity index (χ1) is 17.9. The highest BCUT2D eigenvalue weighted by Gasteiger charge is 2.31. The van der Waals surface area contributed by atoms with Gasteiger partial charge in [0.2, 0.25) is 17.7 Å². The third-order valence-electron chi connectivity index (χ3n) is 4.88. The summed E-state index contributed by atoms with van der Waals surface area (Å²) in [6.07, 6.45) is -2.45. The van der Waals surface area contributed by atoms with Gasteiger partial charge in [0.25, 0.3) is 0 Å². The molecule has 0 rings (SSSR count). The van der Waals surface area contributed by atoms with Gasteiger partial charge in [-0.2, -0.15) is 0 Å². The molecule has 0 unspecified atom stereocenters. The molecule has 15 heteroatoms. The zero-order valence-electron chi connectivity index (χ0n) is 23.1. The highest BCUT2D eigenvalue weighted by molar-refractivity contribution is 5.94. The quantitative estimate of drug-likeness (QED) is 0.137. The number of amides is 4. The molecule has 4 amide bonds. The third-order valence-corrected chi connectivity index (χ3v) is 4.88. The van der Waals surface area contributed by atoms with Crippen molar-refractivity contribution in [2.24, 2.45) is 5.92 Å². The normalized spacial score (nSPS) is 13.3. The summed E-state index contributed by atoms with van der Waals surface area (Å²) in [4.78, 5) is 84.3. The van der Waals surface area contributed by atoms with E-state index in [9.17, 15) is 33.6 Å². The largest absolute Gasteiger partial charge is 0.481 e. The first kappa shape index (κ1) is 35.1. The Kier molecular flexibility index (Phi) is 15.1. The van der Waals surface area contributed by atoms with Crippen LogP contribution in [0.3, 0.4) is 0 Å². The lowest BCUT2D eigenvalue weighted by Crippen LogP contribution is -2.56. The molecule has 0 aromatic carbocycles. The van der Waals surface area contributed by atoms with E-state index in [2.05, 4.69) is 21.3 Å². The Bertz CT molecular complexity index is 899. The second-order valence-electron chi connectivity index (χ2n) is 10.1. The van der Waals surface area contributed by atoms with Crippen LogP contribution in [0.1, 0.15) is 66.7 Å². The van der Waals surface area contributed by atoms with Crippen LogP contribution in [-0.4, -0.2) is 89.3 Å². The molecule has 0 aliphatic carbocycles. The number of ether oxygens (including phenoxy) is 2. The van der Waals surface area contributed by atoms with E-state index in [0.717, 1.165) is 7.11 Å². The van der Waals surface area contributed by atoms with Gasteiger partial charge in [0.15, 0.2) is 0 Å². The van der Waals surface area contributed by atoms with Crippen LogP contribution in [0.2, 0.25) is 0 Å². The van der Waals surface area contributed by atoms with Gasteiger partial charge in [-0.3, -0.25) is 24.0 Å². The topological polar surface area (TPSA) is 227 Å². The standard InChI is InChI=1S/C24H40N4O11/c1-13(2)11-16(22(36)38-6)28-21(35)15(8-10-19(32)33)27-20(34)14(7-9-18(30)31)26-17(29)12-25-23(37)39-24(3,4)5/h13-16H,7-12H2,1-6H3,(H,25,37)(H,26,29)(H,27,34)(H,28,35)(H,30,31)(H,32,33)/t14-,15-,16-/m0/s1. The molecule has 0 saturated carbocycles. The van der Waals surface area contributed by atoms with Gasteiger partial charge in [-0.05, 0) is 46.0 Å². The predicted molar refractivity (Wildman–Crippen MR) is 135 cm³/mol. The Morgan fingerprint density at radius 2 is 1.23 bits per heavy atom. The highest BCUT2D eigenvalue weighted by Crippen LogP contribution is 2.09. The SMILES string of the molecule is COC(=O)[C@H](CC(C)C)NC(=O)[C@H](CCC(=O)O)NC(=O)[C@H](CCC(=O)O)NC(=O)CNC(=O)OC(C)(C)C. The number of carboxylic acids is 2. The van der Waals surface area contributed by atoms with Gasteiger partial charge in [0.05, 0.1) is 7.11 Å². The van der Waals surface area contributed by atoms with Gasteiger partial charge in [0, 0.05) is 12.8 Å². The van der Waals surface area contributed by atoms with Crippen LogP contribution in [0.5, 0.6) is 0 Å². The van der Waals surface area contributed by atoms with Gasteiger partial charge in [-0.15, -0.1) is 0 Å². The number of hydrogen-bond acceptors (Lipinski definition) is 9. The molecular formula is C24H40N4O11. The monoisotopic (exact) mass is 560 g/mol. The van der Waals surface area contributed by atoms with E-state index >= 15 is 0 Å². The molecule has 0 aromatic rings. The molecule has 0 spiro atoms. The number of carbonyl (C=O) groups is 7. The van der Waals surface area contributed by atoms with Crippen molar-refractivity contribution in [1.29, 1.82) is 0 Å². The fourth-order valence-corrected chi connectivity index (χ4v) is 3.16. The van der Waals surface area contributed by atoms with Crippen LogP contribution >= 0.6 is 0 Å². The predicted octanol–water partition coefficient (Wildman–Crippen LogP) is -0.0858. The number of methoxy groups -OCH3 is 1. The van der Waals surface area contributed by atoms with E-state index in [1.54, 1.807) is 34.6 Å². The molecule has 0 saturated heterocycles. The van der Waals surface area contributed by atoms with Gasteiger partial charge < -0.3 is 41.0 Å². The smallest absolute Gasteiger partial charge is 0.408 e. The fraction of sp³-hybridized carbons (Fsp3) is 0.708. The maximum Gasteiger partial charge on any atom is 0.408 e. The van der Waals surface area contributed by atoms with Crippen LogP contribution in [0.25, 0.3) is 0 Å². The lowest BCUT2D eigenvalue weighted by atomic mass is 10.0. The van der Waals surface area contributed by atoms with Crippen molar-refractivity contribution < 1.29 is 53.2 Å². The molecule has 0 heterocycles. The summed E-state index contributed by atoms with van der Waals surface area (Å²) >= 11 is 0. The molecule has 6 N–H and O–H groups in total. The van der Waals surface area contributed by atoms with Crippen LogP contribution in [0, 0.1) is 5.92 Å². The van der Waals surface area contributed by atoms with E-state index in [0.29, 0.717) is 0 Å². The van der Waals surface area contributed by atoms with Crippen LogP contribution in [0.4, 0.5) is 4.79 Å². The summed E-state index contributed by atoms with van der Waals surface area (Å²) in [5, 5.41) is 27.4. The fourth-order valence-electron chi connectivity index (χ4n) is 3.16. The Labute approximate surface area is 226 Å². The van der Waals surface area contributed by atoms with E-state index < -0.39 is 84.8 Å². The van der Waals surface area contributed by atoms with E-state index in [4.69, 9.17) is 19.7 Å². The van der Waals surface area contributed by atoms with Gasteiger partial charge in [0.1, 0.15) is 30.3 Å². The molecule has 0 fully saturated rings. The van der Waals surface area contributed by atoms with E-state index in [1.807, 2.05) is 0 Å². The number of alkyl carbamates (subject to hydrolysis) is 1. The Hall–Kier alpha value is -3.91. The lowest BCUT2D eigenvalue weighted by molar-refractivity contribution is -0.146. The summed E-state index contributed by atoms with van der Waals surface area (Å²) in [5.74, 6) is -5.95. The second kappa shape index (κ2) is 16.8. The maximum absolute atomic E-state index is 13.0. The van der Waals surface area contributed by atoms with Crippen molar-refractivity contribution in [1.82, 2.24) is 21.3 Å². The molecule has 15 nitrogen and oxygen atoms in total. The second-order valence-corrected chi connectivity index (χ2v) is 10.1. The highest BCUT2D eigenvalue weighted by atomic mass is 16.6. The molecule has 0 radical (unpaired) electrons. The van der Waals surface area contributed by atoms with Gasteiger partial charge in [-0.1, -0.05) is 13.8 Å². The molecule has 3 atom stereocenters. The van der Waals surface area contributed by atoms with Crippen molar-refractivity contribution >= 4 is 41.7 Å². The first-order valence-electron chi connectivity index (χ1n) is 12.3. The number of esters is 1. The van der Waals surface area contributed by atoms with E-state index in [-0.39, 0.29) is 25.2 Å². The molecule has 39 heavy (non-hydrogen) atoms. The minimum absolute atomic E-state index is 0.0219. The van der Waals surface area contributed by atoms with Crippen molar-refractivity contribution in [3.8, 4) is 0 Å². The lowest BCUT2D eigenvalue weighted by Gasteiger charge is -2.25. The number of aliphatic carboxylic acids is 2. The van der Waals surface area contributed by atoms with Crippen molar-refractivity contribution in [3.63, 3.8) is 0 Å². The summed E-state index contributed by atoms with van der Waals surface area (Å²) in [6.45, 7) is 7.87. The first-order valence-corrected chi connectivity index (χ1v) is 12.3. The number of carboxylic acid groups (broad SMARTS) is 2. The molecule has 0 aliphatic rings. The van der Waals surface area contributed by atoms with Gasteiger partial charge in [-0.25, -0.2) is 9.59 Å². The maximum atomic E-state index is 13.0. The van der Waals surface area contributed by atoms with Crippen LogP contribution in [0.15, 0.2) is 0 Å². The number of hydrogen-bond donors (Lipinski definition) is 6. The average Bonchev–Trinajstić information content (AvgIpc) is 2.80. The zero-order chi connectivity index (χ0) is 30.3. The number of nitrogens with one attached hydrogen (secondary N) is 4. The Balaban J connectivity index is 5.61. The minimum atomic E-state index is -1.44. The molecule has 0 aliphatic heterocycles. The van der Waals surface area contributed by atoms with Crippen molar-refractivity contribution in [2.75, 3.05) is 13.7 Å². The van der Waals surface area contributed by atoms with Crippen molar-refractivity contribution in [2.45, 2.75) is 90.4 Å². The van der Waals surface area contributed by atoms with E-state index in [1.165, 1.54) is 0 Å². The third kappa shape index (κ3) is 16.5. The van der Waals surface area contributed by atoms with Gasteiger partial charge >= 0.3 is 24.0 Å². The summed E-state index contributed by atoms with van der Waals surface area (Å²) in [5.41, 5.74) is -0.821. The minimum Gasteiger partial charge on any atom is -0.481 e. The van der Waals surface area contributed by atoms with Crippen LogP contribution < -0.4 is 21.3 Å².